The molecule has 2 aromatic rings. The van der Waals surface area contributed by atoms with Gasteiger partial charge >= 0.3 is 0 Å². The van der Waals surface area contributed by atoms with E-state index in [2.05, 4.69) is 36.3 Å². The molecule has 0 saturated carbocycles. The average molecular weight is 276 g/mol. The standard InChI is InChI=1S/C15H20N2OS/c1-4-16-11(2)13-10-17-15(19-13)14(18-3)12-8-6-5-7-9-12/h5-11,14,16H,4H2,1-3H3. The first-order chi connectivity index (χ1) is 9.26. The fourth-order valence-electron chi connectivity index (χ4n) is 2.04. The molecule has 2 atom stereocenters. The number of thiazole rings is 1. The molecular weight excluding hydrogens is 256 g/mol. The SMILES string of the molecule is CCNC(C)c1cnc(C(OC)c2ccccc2)s1. The lowest BCUT2D eigenvalue weighted by Crippen LogP contribution is -2.16. The normalized spacial score (nSPS) is 14.3. The van der Waals surface area contributed by atoms with Crippen molar-refractivity contribution in [1.29, 1.82) is 0 Å². The molecule has 102 valence electrons. The first-order valence-corrected chi connectivity index (χ1v) is 7.34. The zero-order valence-electron chi connectivity index (χ0n) is 11.6. The molecule has 0 saturated heterocycles. The Morgan fingerprint density at radius 3 is 2.68 bits per heavy atom. The highest BCUT2D eigenvalue weighted by Crippen LogP contribution is 2.30. The molecule has 1 heterocycles. The van der Waals surface area contributed by atoms with Crippen molar-refractivity contribution in [2.75, 3.05) is 13.7 Å². The quantitative estimate of drug-likeness (QED) is 0.876. The maximum Gasteiger partial charge on any atom is 0.134 e. The van der Waals surface area contributed by atoms with E-state index < -0.39 is 0 Å². The smallest absolute Gasteiger partial charge is 0.134 e. The molecule has 1 aromatic carbocycles. The third-order valence-corrected chi connectivity index (χ3v) is 4.26. The highest BCUT2D eigenvalue weighted by atomic mass is 32.1. The minimum atomic E-state index is -0.0752. The van der Waals surface area contributed by atoms with E-state index in [1.165, 1.54) is 4.88 Å². The molecule has 1 N–H and O–H groups in total. The van der Waals surface area contributed by atoms with Crippen LogP contribution in [-0.4, -0.2) is 18.6 Å². The fraction of sp³-hybridized carbons (Fsp3) is 0.400. The van der Waals surface area contributed by atoms with E-state index in [9.17, 15) is 0 Å². The van der Waals surface area contributed by atoms with Crippen molar-refractivity contribution in [3.8, 4) is 0 Å². The monoisotopic (exact) mass is 276 g/mol. The molecule has 0 fully saturated rings. The van der Waals surface area contributed by atoms with Crippen molar-refractivity contribution in [1.82, 2.24) is 10.3 Å². The van der Waals surface area contributed by atoms with Gasteiger partial charge in [-0.2, -0.15) is 0 Å². The molecule has 0 radical (unpaired) electrons. The molecule has 1 aromatic heterocycles. The lowest BCUT2D eigenvalue weighted by Gasteiger charge is -2.13. The predicted molar refractivity (Wildman–Crippen MR) is 79.5 cm³/mol. The summed E-state index contributed by atoms with van der Waals surface area (Å²) < 4.78 is 5.60. The summed E-state index contributed by atoms with van der Waals surface area (Å²) in [6.07, 6.45) is 1.87. The summed E-state index contributed by atoms with van der Waals surface area (Å²) in [5, 5.41) is 4.41. The van der Waals surface area contributed by atoms with Gasteiger partial charge in [0.2, 0.25) is 0 Å². The van der Waals surface area contributed by atoms with Crippen LogP contribution in [0.25, 0.3) is 0 Å². The molecule has 3 nitrogen and oxygen atoms in total. The molecule has 0 aliphatic rings. The van der Waals surface area contributed by atoms with Crippen LogP contribution in [0.1, 0.15) is 41.4 Å². The van der Waals surface area contributed by atoms with Crippen LogP contribution in [0.3, 0.4) is 0 Å². The Morgan fingerprint density at radius 1 is 1.32 bits per heavy atom. The maximum atomic E-state index is 5.60. The highest BCUT2D eigenvalue weighted by molar-refractivity contribution is 7.11. The number of benzene rings is 1. The average Bonchev–Trinajstić information content (AvgIpc) is 2.91. The van der Waals surface area contributed by atoms with Crippen LogP contribution in [0.15, 0.2) is 36.5 Å². The lowest BCUT2D eigenvalue weighted by molar-refractivity contribution is 0.136. The van der Waals surface area contributed by atoms with Gasteiger partial charge in [0.25, 0.3) is 0 Å². The Bertz CT molecular complexity index is 498. The number of methoxy groups -OCH3 is 1. The van der Waals surface area contributed by atoms with E-state index >= 15 is 0 Å². The van der Waals surface area contributed by atoms with E-state index in [0.717, 1.165) is 17.1 Å². The van der Waals surface area contributed by atoms with Crippen LogP contribution in [0.5, 0.6) is 0 Å². The van der Waals surface area contributed by atoms with Crippen molar-refractivity contribution in [2.45, 2.75) is 26.0 Å². The van der Waals surface area contributed by atoms with Crippen LogP contribution in [0.2, 0.25) is 0 Å². The van der Waals surface area contributed by atoms with Gasteiger partial charge in [-0.25, -0.2) is 4.98 Å². The van der Waals surface area contributed by atoms with Crippen molar-refractivity contribution in [2.24, 2.45) is 0 Å². The van der Waals surface area contributed by atoms with Crippen LogP contribution in [0, 0.1) is 0 Å². The van der Waals surface area contributed by atoms with Gasteiger partial charge in [0, 0.05) is 24.2 Å². The first-order valence-electron chi connectivity index (χ1n) is 6.53. The van der Waals surface area contributed by atoms with Gasteiger partial charge in [0.15, 0.2) is 0 Å². The van der Waals surface area contributed by atoms with E-state index in [-0.39, 0.29) is 6.10 Å². The third kappa shape index (κ3) is 3.41. The molecule has 19 heavy (non-hydrogen) atoms. The molecule has 2 unspecified atom stereocenters. The summed E-state index contributed by atoms with van der Waals surface area (Å²) in [5.74, 6) is 0. The fourth-order valence-corrected chi connectivity index (χ4v) is 3.09. The molecule has 2 rings (SSSR count). The van der Waals surface area contributed by atoms with Gasteiger partial charge in [-0.05, 0) is 19.0 Å². The summed E-state index contributed by atoms with van der Waals surface area (Å²) in [6.45, 7) is 5.23. The van der Waals surface area contributed by atoms with Crippen LogP contribution in [-0.2, 0) is 4.74 Å². The largest absolute Gasteiger partial charge is 0.370 e. The molecular formula is C15H20N2OS. The maximum absolute atomic E-state index is 5.60. The number of hydrogen-bond acceptors (Lipinski definition) is 4. The summed E-state index contributed by atoms with van der Waals surface area (Å²) in [6, 6.07) is 10.5. The summed E-state index contributed by atoms with van der Waals surface area (Å²) >= 11 is 1.71. The van der Waals surface area contributed by atoms with Crippen molar-refractivity contribution >= 4 is 11.3 Å². The zero-order chi connectivity index (χ0) is 13.7. The number of aromatic nitrogens is 1. The van der Waals surface area contributed by atoms with Crippen molar-refractivity contribution in [3.63, 3.8) is 0 Å². The van der Waals surface area contributed by atoms with Gasteiger partial charge in [-0.3, -0.25) is 0 Å². The van der Waals surface area contributed by atoms with Gasteiger partial charge in [-0.1, -0.05) is 37.3 Å². The molecule has 0 aliphatic heterocycles. The van der Waals surface area contributed by atoms with Crippen molar-refractivity contribution < 1.29 is 4.74 Å². The van der Waals surface area contributed by atoms with Crippen molar-refractivity contribution in [3.05, 3.63) is 52.0 Å². The lowest BCUT2D eigenvalue weighted by atomic mass is 10.1. The van der Waals surface area contributed by atoms with Gasteiger partial charge in [0.05, 0.1) is 0 Å². The van der Waals surface area contributed by atoms with Crippen LogP contribution >= 0.6 is 11.3 Å². The Balaban J connectivity index is 2.21. The van der Waals surface area contributed by atoms with Gasteiger partial charge < -0.3 is 10.1 Å². The Labute approximate surface area is 118 Å². The highest BCUT2D eigenvalue weighted by Gasteiger charge is 2.18. The van der Waals surface area contributed by atoms with E-state index in [1.807, 2.05) is 24.4 Å². The molecule has 0 amide bonds. The number of rotatable bonds is 6. The molecule has 4 heteroatoms. The Morgan fingerprint density at radius 2 is 2.05 bits per heavy atom. The molecule has 0 spiro atoms. The second-order valence-electron chi connectivity index (χ2n) is 4.41. The van der Waals surface area contributed by atoms with Gasteiger partial charge in [0.1, 0.15) is 11.1 Å². The summed E-state index contributed by atoms with van der Waals surface area (Å²) in [4.78, 5) is 5.77. The predicted octanol–water partition coefficient (Wildman–Crippen LogP) is 3.55. The number of hydrogen-bond donors (Lipinski definition) is 1. The molecule has 0 aliphatic carbocycles. The zero-order valence-corrected chi connectivity index (χ0v) is 12.4. The van der Waals surface area contributed by atoms with Gasteiger partial charge in [-0.15, -0.1) is 11.3 Å². The topological polar surface area (TPSA) is 34.2 Å². The second kappa shape index (κ2) is 6.80. The number of nitrogens with zero attached hydrogens (tertiary/aromatic N) is 1. The first kappa shape index (κ1) is 14.2. The van der Waals surface area contributed by atoms with E-state index in [4.69, 9.17) is 4.74 Å². The molecule has 0 bridgehead atoms. The van der Waals surface area contributed by atoms with Crippen LogP contribution in [0.4, 0.5) is 0 Å². The second-order valence-corrected chi connectivity index (χ2v) is 5.50. The third-order valence-electron chi connectivity index (χ3n) is 3.04. The van der Waals surface area contributed by atoms with E-state index in [0.29, 0.717) is 6.04 Å². The Hall–Kier alpha value is -1.23. The summed E-state index contributed by atoms with van der Waals surface area (Å²) in [5.41, 5.74) is 1.14. The summed E-state index contributed by atoms with van der Waals surface area (Å²) in [7, 11) is 1.73. The van der Waals surface area contributed by atoms with E-state index in [1.54, 1.807) is 18.4 Å². The van der Waals surface area contributed by atoms with Crippen LogP contribution < -0.4 is 5.32 Å². The minimum absolute atomic E-state index is 0.0752. The number of nitrogens with one attached hydrogen (secondary N) is 1. The Kier molecular flexibility index (Phi) is 5.07. The minimum Gasteiger partial charge on any atom is -0.370 e. The number of ether oxygens (including phenoxy) is 1.